The number of ether oxygens (including phenoxy) is 1. The number of anilines is 1. The van der Waals surface area contributed by atoms with Gasteiger partial charge in [-0.25, -0.2) is 13.1 Å². The molecule has 0 amide bonds. The van der Waals surface area contributed by atoms with Crippen LogP contribution >= 0.6 is 0 Å². The van der Waals surface area contributed by atoms with Gasteiger partial charge in [0.15, 0.2) is 24.0 Å². The number of nitro benzene ring substituents is 1. The minimum Gasteiger partial charge on any atom is -0.469 e. The molecular formula is C23H20N4O8S. The summed E-state index contributed by atoms with van der Waals surface area (Å²) in [5, 5.41) is 15.0. The van der Waals surface area contributed by atoms with E-state index in [2.05, 4.69) is 5.10 Å². The van der Waals surface area contributed by atoms with Gasteiger partial charge in [-0.1, -0.05) is 6.07 Å². The minimum atomic E-state index is -3.84. The number of non-ortho nitro benzene ring substituents is 1. The summed E-state index contributed by atoms with van der Waals surface area (Å²) in [5.41, 5.74) is 0.806. The molecule has 0 atom stereocenters. The molecule has 13 heteroatoms. The van der Waals surface area contributed by atoms with Gasteiger partial charge in [0.2, 0.25) is 15.9 Å². The second-order valence-electron chi connectivity index (χ2n) is 8.11. The quantitative estimate of drug-likeness (QED) is 0.262. The average molecular weight is 513 g/mol. The zero-order valence-electron chi connectivity index (χ0n) is 19.4. The zero-order valence-corrected chi connectivity index (χ0v) is 20.2. The molecule has 12 nitrogen and oxygen atoms in total. The summed E-state index contributed by atoms with van der Waals surface area (Å²) < 4.78 is 32.4. The molecule has 4 rings (SSSR count). The van der Waals surface area contributed by atoms with Gasteiger partial charge in [0.25, 0.3) is 5.69 Å². The summed E-state index contributed by atoms with van der Waals surface area (Å²) >= 11 is 0. The van der Waals surface area contributed by atoms with Crippen LogP contribution in [0.5, 0.6) is 5.88 Å². The van der Waals surface area contributed by atoms with Crippen LogP contribution in [0, 0.1) is 17.0 Å². The predicted octanol–water partition coefficient (Wildman–Crippen LogP) is 2.09. The number of Topliss-reactive ketones (excluding diaryl/α,β-unsaturated/α-hetero) is 2. The van der Waals surface area contributed by atoms with E-state index in [4.69, 9.17) is 4.74 Å². The van der Waals surface area contributed by atoms with Crippen molar-refractivity contribution in [3.63, 3.8) is 0 Å². The van der Waals surface area contributed by atoms with Crippen LogP contribution in [0.25, 0.3) is 0 Å². The van der Waals surface area contributed by atoms with Crippen LogP contribution in [-0.4, -0.2) is 59.9 Å². The Balaban J connectivity index is 1.62. The lowest BCUT2D eigenvalue weighted by molar-refractivity contribution is -0.384. The Morgan fingerprint density at radius 2 is 1.75 bits per heavy atom. The number of sulfonamides is 1. The first-order valence-electron chi connectivity index (χ1n) is 10.5. The number of fused-ring (bicyclic) bond motifs is 1. The molecule has 2 heterocycles. The fourth-order valence-electron chi connectivity index (χ4n) is 3.85. The van der Waals surface area contributed by atoms with Crippen molar-refractivity contribution in [1.82, 2.24) is 9.78 Å². The lowest BCUT2D eigenvalue weighted by Crippen LogP contribution is -2.38. The number of carbonyl (C=O) groups excluding carboxylic acids is 3. The van der Waals surface area contributed by atoms with Crippen LogP contribution < -0.4 is 9.04 Å². The Kier molecular flexibility index (Phi) is 6.18. The highest BCUT2D eigenvalue weighted by atomic mass is 32.2. The summed E-state index contributed by atoms with van der Waals surface area (Å²) in [6.07, 6.45) is 0. The van der Waals surface area contributed by atoms with Gasteiger partial charge in [-0.3, -0.25) is 28.8 Å². The Morgan fingerprint density at radius 1 is 1.11 bits per heavy atom. The molecule has 36 heavy (non-hydrogen) atoms. The number of nitro groups is 1. The summed E-state index contributed by atoms with van der Waals surface area (Å²) in [5.74, 6) is -2.20. The maximum Gasteiger partial charge on any atom is 0.269 e. The first-order chi connectivity index (χ1) is 16.9. The SMILES string of the molecule is Cc1nn(C)c(OCC(=O)c2ccc([N+](=O)[O-])cc2)c1C(=O)c1ccc2c(c1)N(C)S(=O)(=O)CC2=O. The minimum absolute atomic E-state index is 0.0162. The molecule has 0 radical (unpaired) electrons. The lowest BCUT2D eigenvalue weighted by atomic mass is 9.99. The fourth-order valence-corrected chi connectivity index (χ4v) is 4.99. The summed E-state index contributed by atoms with van der Waals surface area (Å²) in [4.78, 5) is 48.4. The van der Waals surface area contributed by atoms with Crippen molar-refractivity contribution in [1.29, 1.82) is 0 Å². The van der Waals surface area contributed by atoms with E-state index < -0.39 is 44.7 Å². The van der Waals surface area contributed by atoms with Gasteiger partial charge in [-0.2, -0.15) is 5.10 Å². The topological polar surface area (TPSA) is 159 Å². The van der Waals surface area contributed by atoms with Gasteiger partial charge in [-0.05, 0) is 31.2 Å². The van der Waals surface area contributed by atoms with Crippen LogP contribution in [0.3, 0.4) is 0 Å². The van der Waals surface area contributed by atoms with Crippen LogP contribution in [0.15, 0.2) is 42.5 Å². The first-order valence-corrected chi connectivity index (χ1v) is 12.1. The van der Waals surface area contributed by atoms with E-state index in [1.165, 1.54) is 61.2 Å². The third-order valence-electron chi connectivity index (χ3n) is 5.77. The molecule has 1 aliphatic heterocycles. The Hall–Kier alpha value is -4.39. The lowest BCUT2D eigenvalue weighted by Gasteiger charge is -2.26. The molecule has 0 unspecified atom stereocenters. The van der Waals surface area contributed by atoms with E-state index in [-0.39, 0.29) is 39.5 Å². The fraction of sp³-hybridized carbons (Fsp3) is 0.217. The van der Waals surface area contributed by atoms with Crippen molar-refractivity contribution >= 4 is 38.7 Å². The maximum atomic E-state index is 13.4. The van der Waals surface area contributed by atoms with Crippen molar-refractivity contribution < 1.29 is 32.5 Å². The third kappa shape index (κ3) is 4.35. The van der Waals surface area contributed by atoms with Crippen LogP contribution in [0.2, 0.25) is 0 Å². The van der Waals surface area contributed by atoms with E-state index in [9.17, 15) is 32.9 Å². The smallest absolute Gasteiger partial charge is 0.269 e. The Morgan fingerprint density at radius 3 is 2.39 bits per heavy atom. The molecule has 186 valence electrons. The van der Waals surface area contributed by atoms with Gasteiger partial charge in [0.1, 0.15) is 11.3 Å². The average Bonchev–Trinajstić information content (AvgIpc) is 3.12. The highest BCUT2D eigenvalue weighted by molar-refractivity contribution is 7.93. The highest BCUT2D eigenvalue weighted by Crippen LogP contribution is 2.32. The number of ketones is 3. The molecule has 0 saturated heterocycles. The van der Waals surface area contributed by atoms with Gasteiger partial charge >= 0.3 is 0 Å². The first kappa shape index (κ1) is 24.7. The van der Waals surface area contributed by atoms with Gasteiger partial charge < -0.3 is 4.74 Å². The number of carbonyl (C=O) groups is 3. The molecule has 3 aromatic rings. The van der Waals surface area contributed by atoms with E-state index >= 15 is 0 Å². The molecule has 1 aliphatic rings. The number of benzene rings is 2. The number of aromatic nitrogens is 2. The molecule has 0 spiro atoms. The summed E-state index contributed by atoms with van der Waals surface area (Å²) in [6.45, 7) is 1.12. The molecule has 0 saturated carbocycles. The third-order valence-corrected chi connectivity index (χ3v) is 7.43. The summed E-state index contributed by atoms with van der Waals surface area (Å²) in [7, 11) is -1.00. The normalized spacial score (nSPS) is 14.3. The highest BCUT2D eigenvalue weighted by Gasteiger charge is 2.34. The molecule has 0 N–H and O–H groups in total. The van der Waals surface area contributed by atoms with Gasteiger partial charge in [0, 0.05) is 42.9 Å². The van der Waals surface area contributed by atoms with E-state index in [0.717, 1.165) is 4.31 Å². The molecule has 1 aromatic heterocycles. The van der Waals surface area contributed by atoms with Crippen molar-refractivity contribution in [3.05, 3.63) is 80.5 Å². The standard InChI is InChI=1S/C23H20N4O8S/c1-13-21(22(30)15-6-9-17-18(10-15)26(3)36(33,34)12-20(17)29)23(25(2)24-13)35-11-19(28)14-4-7-16(8-5-14)27(31)32/h4-10H,11-12H2,1-3H3. The zero-order chi connectivity index (χ0) is 26.4. The number of nitrogens with zero attached hydrogens (tertiary/aromatic N) is 4. The van der Waals surface area contributed by atoms with E-state index in [0.29, 0.717) is 5.69 Å². The van der Waals surface area contributed by atoms with Crippen LogP contribution in [0.1, 0.15) is 42.3 Å². The summed E-state index contributed by atoms with van der Waals surface area (Å²) in [6, 6.07) is 9.17. The Bertz CT molecular complexity index is 1540. The molecular weight excluding hydrogens is 492 g/mol. The largest absolute Gasteiger partial charge is 0.469 e. The van der Waals surface area contributed by atoms with E-state index in [1.807, 2.05) is 0 Å². The molecule has 2 aromatic carbocycles. The molecule has 0 fully saturated rings. The Labute approximate surface area is 205 Å². The van der Waals surface area contributed by atoms with Crippen molar-refractivity contribution in [3.8, 4) is 5.88 Å². The van der Waals surface area contributed by atoms with E-state index in [1.54, 1.807) is 6.92 Å². The van der Waals surface area contributed by atoms with Gasteiger partial charge in [0.05, 0.1) is 16.3 Å². The van der Waals surface area contributed by atoms with Crippen molar-refractivity contribution in [2.75, 3.05) is 23.7 Å². The second-order valence-corrected chi connectivity index (χ2v) is 10.1. The maximum absolute atomic E-state index is 13.4. The molecule has 0 bridgehead atoms. The van der Waals surface area contributed by atoms with Crippen molar-refractivity contribution in [2.45, 2.75) is 6.92 Å². The number of hydrogen-bond acceptors (Lipinski definition) is 9. The number of rotatable bonds is 7. The number of aryl methyl sites for hydroxylation is 2. The van der Waals surface area contributed by atoms with Crippen LogP contribution in [-0.2, 0) is 17.1 Å². The van der Waals surface area contributed by atoms with Crippen LogP contribution in [0.4, 0.5) is 11.4 Å². The second kappa shape index (κ2) is 9.00. The van der Waals surface area contributed by atoms with Crippen molar-refractivity contribution in [2.24, 2.45) is 7.05 Å². The monoisotopic (exact) mass is 512 g/mol. The number of hydrogen-bond donors (Lipinski definition) is 0. The predicted molar refractivity (Wildman–Crippen MR) is 127 cm³/mol. The van der Waals surface area contributed by atoms with Gasteiger partial charge in [-0.15, -0.1) is 0 Å². The molecule has 0 aliphatic carbocycles.